The van der Waals surface area contributed by atoms with Crippen LogP contribution in [0.4, 0.5) is 5.69 Å². The van der Waals surface area contributed by atoms with Gasteiger partial charge in [0.25, 0.3) is 0 Å². The van der Waals surface area contributed by atoms with Crippen molar-refractivity contribution in [1.82, 2.24) is 4.90 Å². The van der Waals surface area contributed by atoms with Gasteiger partial charge in [-0.3, -0.25) is 9.69 Å². The molecule has 2 aliphatic heterocycles. The number of anilines is 1. The zero-order valence-corrected chi connectivity index (χ0v) is 14.8. The van der Waals surface area contributed by atoms with Crippen LogP contribution in [0.25, 0.3) is 0 Å². The van der Waals surface area contributed by atoms with Crippen molar-refractivity contribution in [2.24, 2.45) is 0 Å². The Morgan fingerprint density at radius 2 is 2.00 bits per heavy atom. The summed E-state index contributed by atoms with van der Waals surface area (Å²) in [6.45, 7) is 4.35. The van der Waals surface area contributed by atoms with Crippen molar-refractivity contribution in [3.63, 3.8) is 0 Å². The standard InChI is InChI=1S/C16H21ClN2O3S/c1-3-11(2)18-8-16(20)19(13-6-4-5-12(17)7-13)15-10-23(21,22)9-14(15)18/h4-7,11,14-15H,3,8-10H2,1-2H3/t11-,14+,15-/m1/s1. The summed E-state index contributed by atoms with van der Waals surface area (Å²) in [5.74, 6) is 0.0702. The van der Waals surface area contributed by atoms with E-state index in [0.29, 0.717) is 10.7 Å². The number of halogens is 1. The number of carbonyl (C=O) groups excluding carboxylic acids is 1. The van der Waals surface area contributed by atoms with Crippen LogP contribution in [0.15, 0.2) is 24.3 Å². The van der Waals surface area contributed by atoms with Crippen LogP contribution < -0.4 is 4.90 Å². The molecule has 1 aromatic carbocycles. The van der Waals surface area contributed by atoms with Gasteiger partial charge in [-0.15, -0.1) is 0 Å². The van der Waals surface area contributed by atoms with Gasteiger partial charge in [-0.2, -0.15) is 0 Å². The summed E-state index contributed by atoms with van der Waals surface area (Å²) in [7, 11) is -3.15. The van der Waals surface area contributed by atoms with E-state index in [0.717, 1.165) is 6.42 Å². The van der Waals surface area contributed by atoms with Crippen LogP contribution in [0.2, 0.25) is 5.02 Å². The molecule has 2 fully saturated rings. The molecule has 0 bridgehead atoms. The molecule has 0 saturated carbocycles. The van der Waals surface area contributed by atoms with E-state index in [1.807, 2.05) is 13.0 Å². The largest absolute Gasteiger partial charge is 0.306 e. The lowest BCUT2D eigenvalue weighted by Gasteiger charge is -2.45. The van der Waals surface area contributed by atoms with Crippen molar-refractivity contribution in [2.75, 3.05) is 23.0 Å². The first-order valence-corrected chi connectivity index (χ1v) is 10.1. The van der Waals surface area contributed by atoms with E-state index in [1.165, 1.54) is 0 Å². The lowest BCUT2D eigenvalue weighted by Crippen LogP contribution is -2.63. The first-order chi connectivity index (χ1) is 10.8. The highest BCUT2D eigenvalue weighted by molar-refractivity contribution is 7.91. The van der Waals surface area contributed by atoms with Gasteiger partial charge < -0.3 is 4.90 Å². The number of piperazine rings is 1. The van der Waals surface area contributed by atoms with Gasteiger partial charge >= 0.3 is 0 Å². The Morgan fingerprint density at radius 1 is 1.30 bits per heavy atom. The minimum Gasteiger partial charge on any atom is -0.306 e. The lowest BCUT2D eigenvalue weighted by atomic mass is 10.0. The van der Waals surface area contributed by atoms with Gasteiger partial charge in [0.2, 0.25) is 5.91 Å². The Balaban J connectivity index is 2.01. The van der Waals surface area contributed by atoms with Crippen molar-refractivity contribution in [3.05, 3.63) is 29.3 Å². The number of benzene rings is 1. The minimum atomic E-state index is -3.15. The molecule has 0 N–H and O–H groups in total. The molecule has 7 heteroatoms. The Bertz CT molecular complexity index is 722. The normalized spacial score (nSPS) is 28.7. The third-order valence-corrected chi connectivity index (χ3v) is 6.81. The maximum Gasteiger partial charge on any atom is 0.241 e. The topological polar surface area (TPSA) is 57.7 Å². The Kier molecular flexibility index (Phi) is 4.42. The minimum absolute atomic E-state index is 0.0167. The second-order valence-electron chi connectivity index (χ2n) is 6.38. The van der Waals surface area contributed by atoms with Gasteiger partial charge in [-0.05, 0) is 31.5 Å². The van der Waals surface area contributed by atoms with Gasteiger partial charge in [0, 0.05) is 22.8 Å². The summed E-state index contributed by atoms with van der Waals surface area (Å²) in [5.41, 5.74) is 0.679. The molecule has 23 heavy (non-hydrogen) atoms. The summed E-state index contributed by atoms with van der Waals surface area (Å²) in [6.07, 6.45) is 0.883. The molecule has 5 nitrogen and oxygen atoms in total. The molecule has 2 heterocycles. The van der Waals surface area contributed by atoms with E-state index in [-0.39, 0.29) is 42.1 Å². The third kappa shape index (κ3) is 3.12. The highest BCUT2D eigenvalue weighted by Gasteiger charge is 2.50. The maximum absolute atomic E-state index is 12.7. The van der Waals surface area contributed by atoms with Gasteiger partial charge in [0.1, 0.15) is 0 Å². The van der Waals surface area contributed by atoms with Crippen molar-refractivity contribution in [1.29, 1.82) is 0 Å². The van der Waals surface area contributed by atoms with E-state index in [4.69, 9.17) is 11.6 Å². The molecular weight excluding hydrogens is 336 g/mol. The van der Waals surface area contributed by atoms with E-state index >= 15 is 0 Å². The van der Waals surface area contributed by atoms with E-state index < -0.39 is 9.84 Å². The molecule has 1 aromatic rings. The molecule has 126 valence electrons. The fourth-order valence-electron chi connectivity index (χ4n) is 3.59. The number of rotatable bonds is 3. The third-order valence-electron chi connectivity index (χ3n) is 4.88. The maximum atomic E-state index is 12.7. The zero-order valence-electron chi connectivity index (χ0n) is 13.3. The predicted octanol–water partition coefficient (Wildman–Crippen LogP) is 1.95. The number of amides is 1. The first kappa shape index (κ1) is 16.7. The van der Waals surface area contributed by atoms with Crippen LogP contribution in [-0.2, 0) is 14.6 Å². The van der Waals surface area contributed by atoms with Crippen LogP contribution in [0.3, 0.4) is 0 Å². The average molecular weight is 357 g/mol. The molecule has 0 unspecified atom stereocenters. The van der Waals surface area contributed by atoms with Crippen LogP contribution in [0.1, 0.15) is 20.3 Å². The van der Waals surface area contributed by atoms with E-state index in [2.05, 4.69) is 11.8 Å². The van der Waals surface area contributed by atoms with Crippen LogP contribution in [0, 0.1) is 0 Å². The molecule has 0 radical (unpaired) electrons. The summed E-state index contributed by atoms with van der Waals surface area (Å²) in [6, 6.07) is 6.75. The van der Waals surface area contributed by atoms with Gasteiger partial charge in [-0.25, -0.2) is 8.42 Å². The van der Waals surface area contributed by atoms with Crippen molar-refractivity contribution < 1.29 is 13.2 Å². The van der Waals surface area contributed by atoms with Crippen LogP contribution >= 0.6 is 11.6 Å². The molecular formula is C16H21ClN2O3S. The Morgan fingerprint density at radius 3 is 2.65 bits per heavy atom. The van der Waals surface area contributed by atoms with E-state index in [9.17, 15) is 13.2 Å². The quantitative estimate of drug-likeness (QED) is 0.830. The predicted molar refractivity (Wildman–Crippen MR) is 91.6 cm³/mol. The van der Waals surface area contributed by atoms with Gasteiger partial charge in [0.05, 0.1) is 24.1 Å². The molecule has 0 spiro atoms. The molecule has 2 saturated heterocycles. The molecule has 3 rings (SSSR count). The van der Waals surface area contributed by atoms with Crippen LogP contribution in [-0.4, -0.2) is 55.4 Å². The number of carbonyl (C=O) groups is 1. The molecule has 1 amide bonds. The fourth-order valence-corrected chi connectivity index (χ4v) is 5.73. The number of nitrogens with zero attached hydrogens (tertiary/aromatic N) is 2. The van der Waals surface area contributed by atoms with Crippen molar-refractivity contribution in [2.45, 2.75) is 38.4 Å². The van der Waals surface area contributed by atoms with Crippen molar-refractivity contribution in [3.8, 4) is 0 Å². The molecule has 0 aliphatic carbocycles. The van der Waals surface area contributed by atoms with Gasteiger partial charge in [0.15, 0.2) is 9.84 Å². The van der Waals surface area contributed by atoms with Gasteiger partial charge in [-0.1, -0.05) is 24.6 Å². The molecule has 3 atom stereocenters. The van der Waals surface area contributed by atoms with E-state index in [1.54, 1.807) is 23.1 Å². The number of hydrogen-bond donors (Lipinski definition) is 0. The Labute approximate surface area is 142 Å². The highest BCUT2D eigenvalue weighted by Crippen LogP contribution is 2.33. The molecule has 2 aliphatic rings. The summed E-state index contributed by atoms with van der Waals surface area (Å²) in [4.78, 5) is 16.4. The fraction of sp³-hybridized carbons (Fsp3) is 0.562. The number of sulfone groups is 1. The second kappa shape index (κ2) is 6.07. The highest BCUT2D eigenvalue weighted by atomic mass is 35.5. The van der Waals surface area contributed by atoms with Crippen LogP contribution in [0.5, 0.6) is 0 Å². The summed E-state index contributed by atoms with van der Waals surface area (Å²) < 4.78 is 24.4. The number of hydrogen-bond acceptors (Lipinski definition) is 4. The average Bonchev–Trinajstić information content (AvgIpc) is 2.80. The molecule has 0 aromatic heterocycles. The number of fused-ring (bicyclic) bond motifs is 1. The summed E-state index contributed by atoms with van der Waals surface area (Å²) >= 11 is 6.05. The smallest absolute Gasteiger partial charge is 0.241 e. The SMILES string of the molecule is CC[C@@H](C)N1CC(=O)N(c2cccc(Cl)c2)[C@@H]2CS(=O)(=O)C[C@@H]21. The monoisotopic (exact) mass is 356 g/mol. The van der Waals surface area contributed by atoms with Crippen molar-refractivity contribution >= 4 is 33.0 Å². The lowest BCUT2D eigenvalue weighted by molar-refractivity contribution is -0.124. The second-order valence-corrected chi connectivity index (χ2v) is 8.98. The Hall–Kier alpha value is -1.11. The first-order valence-electron chi connectivity index (χ1n) is 7.86. The summed E-state index contributed by atoms with van der Waals surface area (Å²) in [5, 5.41) is 0.539. The zero-order chi connectivity index (χ0) is 16.8.